The van der Waals surface area contributed by atoms with Gasteiger partial charge in [-0.25, -0.2) is 9.97 Å². The number of nitrogens with zero attached hydrogens (tertiary/aromatic N) is 2. The van der Waals surface area contributed by atoms with Gasteiger partial charge in [-0.05, 0) is 19.1 Å². The second-order valence-corrected chi connectivity index (χ2v) is 4.40. The Morgan fingerprint density at radius 2 is 2.33 bits per heavy atom. The maximum Gasteiger partial charge on any atom is 0.212 e. The van der Waals surface area contributed by atoms with Gasteiger partial charge < -0.3 is 0 Å². The van der Waals surface area contributed by atoms with E-state index in [4.69, 9.17) is 11.6 Å². The molecule has 76 valence electrons. The highest BCUT2D eigenvalue weighted by atomic mass is 35.5. The molecular formula is C10H7ClN2OS. The molecule has 0 atom stereocenters. The van der Waals surface area contributed by atoms with Crippen LogP contribution < -0.4 is 0 Å². The molecule has 0 aliphatic heterocycles. The summed E-state index contributed by atoms with van der Waals surface area (Å²) in [7, 11) is 0. The highest BCUT2D eigenvalue weighted by Gasteiger charge is 2.12. The minimum Gasteiger partial charge on any atom is -0.287 e. The predicted octanol–water partition coefficient (Wildman–Crippen LogP) is 2.73. The summed E-state index contributed by atoms with van der Waals surface area (Å²) >= 11 is 7.15. The first kappa shape index (κ1) is 10.3. The summed E-state index contributed by atoms with van der Waals surface area (Å²) in [5.74, 6) is -0.122. The lowest BCUT2D eigenvalue weighted by Crippen LogP contribution is -2.01. The van der Waals surface area contributed by atoms with Crippen LogP contribution in [-0.4, -0.2) is 15.8 Å². The third-order valence-corrected chi connectivity index (χ3v) is 2.82. The number of hydrogen-bond donors (Lipinski definition) is 0. The summed E-state index contributed by atoms with van der Waals surface area (Å²) in [6.07, 6.45) is 1.51. The summed E-state index contributed by atoms with van der Waals surface area (Å²) in [6, 6.07) is 3.17. The molecule has 0 aromatic carbocycles. The molecule has 0 saturated carbocycles. The van der Waals surface area contributed by atoms with Crippen LogP contribution in [0.15, 0.2) is 23.7 Å². The van der Waals surface area contributed by atoms with E-state index in [1.54, 1.807) is 17.5 Å². The van der Waals surface area contributed by atoms with Gasteiger partial charge in [0, 0.05) is 17.1 Å². The molecule has 0 unspecified atom stereocenters. The van der Waals surface area contributed by atoms with Crippen molar-refractivity contribution in [3.63, 3.8) is 0 Å². The number of rotatable bonds is 2. The van der Waals surface area contributed by atoms with E-state index < -0.39 is 0 Å². The van der Waals surface area contributed by atoms with Gasteiger partial charge in [0.2, 0.25) is 5.78 Å². The number of carbonyl (C=O) groups excluding carboxylic acids is 1. The second-order valence-electron chi connectivity index (χ2n) is 2.95. The molecule has 0 fully saturated rings. The van der Waals surface area contributed by atoms with Crippen LogP contribution in [0.5, 0.6) is 0 Å². The van der Waals surface area contributed by atoms with Crippen LogP contribution in [0.25, 0.3) is 0 Å². The van der Waals surface area contributed by atoms with Crippen molar-refractivity contribution >= 4 is 28.7 Å². The molecule has 0 bridgehead atoms. The summed E-state index contributed by atoms with van der Waals surface area (Å²) < 4.78 is 0. The maximum absolute atomic E-state index is 11.9. The minimum atomic E-state index is -0.122. The largest absolute Gasteiger partial charge is 0.287 e. The Kier molecular flexibility index (Phi) is 2.79. The molecule has 0 aliphatic carbocycles. The Morgan fingerprint density at radius 3 is 2.93 bits per heavy atom. The van der Waals surface area contributed by atoms with Gasteiger partial charge in [0.1, 0.15) is 10.8 Å². The first-order valence-electron chi connectivity index (χ1n) is 4.25. The van der Waals surface area contributed by atoms with Crippen molar-refractivity contribution in [3.05, 3.63) is 45.1 Å². The number of hydrogen-bond acceptors (Lipinski definition) is 4. The lowest BCUT2D eigenvalue weighted by molar-refractivity contribution is 0.103. The number of halogens is 1. The standard InChI is InChI=1S/C10H7ClN2OS/c1-6-13-8(5-15-6)10(14)7-2-3-12-9(11)4-7/h2-5H,1H3. The fraction of sp³-hybridized carbons (Fsp3) is 0.100. The van der Waals surface area contributed by atoms with E-state index in [2.05, 4.69) is 9.97 Å². The molecule has 0 saturated heterocycles. The van der Waals surface area contributed by atoms with E-state index in [-0.39, 0.29) is 5.78 Å². The average molecular weight is 239 g/mol. The van der Waals surface area contributed by atoms with Crippen molar-refractivity contribution in [2.75, 3.05) is 0 Å². The van der Waals surface area contributed by atoms with Crippen molar-refractivity contribution in [2.45, 2.75) is 6.92 Å². The van der Waals surface area contributed by atoms with Crippen LogP contribution >= 0.6 is 22.9 Å². The number of pyridine rings is 1. The highest BCUT2D eigenvalue weighted by Crippen LogP contribution is 2.14. The number of carbonyl (C=O) groups is 1. The van der Waals surface area contributed by atoms with Gasteiger partial charge in [-0.1, -0.05) is 11.6 Å². The van der Waals surface area contributed by atoms with E-state index in [0.29, 0.717) is 16.4 Å². The molecule has 0 N–H and O–H groups in total. The zero-order chi connectivity index (χ0) is 10.8. The molecule has 2 aromatic rings. The molecule has 15 heavy (non-hydrogen) atoms. The molecule has 0 radical (unpaired) electrons. The maximum atomic E-state index is 11.9. The zero-order valence-corrected chi connectivity index (χ0v) is 9.47. The van der Waals surface area contributed by atoms with E-state index in [0.717, 1.165) is 5.01 Å². The third-order valence-electron chi connectivity index (χ3n) is 1.84. The topological polar surface area (TPSA) is 42.9 Å². The van der Waals surface area contributed by atoms with Crippen molar-refractivity contribution in [3.8, 4) is 0 Å². The van der Waals surface area contributed by atoms with Crippen molar-refractivity contribution in [1.29, 1.82) is 0 Å². The van der Waals surface area contributed by atoms with Crippen molar-refractivity contribution in [1.82, 2.24) is 9.97 Å². The first-order valence-corrected chi connectivity index (χ1v) is 5.51. The van der Waals surface area contributed by atoms with Crippen LogP contribution in [0.1, 0.15) is 21.1 Å². The summed E-state index contributed by atoms with van der Waals surface area (Å²) in [5, 5.41) is 2.93. The van der Waals surface area contributed by atoms with Crippen LogP contribution in [0.4, 0.5) is 0 Å². The third kappa shape index (κ3) is 2.22. The van der Waals surface area contributed by atoms with E-state index >= 15 is 0 Å². The molecule has 0 aliphatic rings. The summed E-state index contributed by atoms with van der Waals surface area (Å²) in [5.41, 5.74) is 0.972. The van der Waals surface area contributed by atoms with Gasteiger partial charge in [0.15, 0.2) is 0 Å². The Hall–Kier alpha value is -1.26. The highest BCUT2D eigenvalue weighted by molar-refractivity contribution is 7.09. The minimum absolute atomic E-state index is 0.122. The van der Waals surface area contributed by atoms with Crippen LogP contribution in [0.2, 0.25) is 5.15 Å². The molecule has 5 heteroatoms. The lowest BCUT2D eigenvalue weighted by Gasteiger charge is -1.96. The molecule has 0 amide bonds. The van der Waals surface area contributed by atoms with Crippen LogP contribution in [0.3, 0.4) is 0 Å². The van der Waals surface area contributed by atoms with Crippen molar-refractivity contribution < 1.29 is 4.79 Å². The Balaban J connectivity index is 2.36. The van der Waals surface area contributed by atoms with Crippen LogP contribution in [0, 0.1) is 6.92 Å². The predicted molar refractivity (Wildman–Crippen MR) is 59.5 cm³/mol. The van der Waals surface area contributed by atoms with Gasteiger partial charge in [-0.15, -0.1) is 11.3 Å². The van der Waals surface area contributed by atoms with Gasteiger partial charge in [-0.3, -0.25) is 4.79 Å². The lowest BCUT2D eigenvalue weighted by atomic mass is 10.1. The monoisotopic (exact) mass is 238 g/mol. The Morgan fingerprint density at radius 1 is 1.53 bits per heavy atom. The quantitative estimate of drug-likeness (QED) is 0.597. The number of ketones is 1. The molecule has 3 nitrogen and oxygen atoms in total. The summed E-state index contributed by atoms with van der Waals surface area (Å²) in [6.45, 7) is 1.86. The van der Waals surface area contributed by atoms with E-state index in [1.165, 1.54) is 17.5 Å². The Labute approximate surface area is 95.8 Å². The van der Waals surface area contributed by atoms with Crippen molar-refractivity contribution in [2.24, 2.45) is 0 Å². The Bertz CT molecular complexity index is 510. The number of aromatic nitrogens is 2. The smallest absolute Gasteiger partial charge is 0.212 e. The van der Waals surface area contributed by atoms with Gasteiger partial charge >= 0.3 is 0 Å². The zero-order valence-electron chi connectivity index (χ0n) is 7.90. The number of thiazole rings is 1. The van der Waals surface area contributed by atoms with Gasteiger partial charge in [-0.2, -0.15) is 0 Å². The second kappa shape index (κ2) is 4.08. The molecule has 2 aromatic heterocycles. The number of aryl methyl sites for hydroxylation is 1. The SMILES string of the molecule is Cc1nc(C(=O)c2ccnc(Cl)c2)cs1. The fourth-order valence-corrected chi connectivity index (χ4v) is 1.93. The summed E-state index contributed by atoms with van der Waals surface area (Å²) in [4.78, 5) is 19.8. The van der Waals surface area contributed by atoms with Gasteiger partial charge in [0.25, 0.3) is 0 Å². The molecule has 0 spiro atoms. The fourth-order valence-electron chi connectivity index (χ4n) is 1.16. The van der Waals surface area contributed by atoms with E-state index in [1.807, 2.05) is 6.92 Å². The molecule has 2 heterocycles. The first-order chi connectivity index (χ1) is 7.16. The van der Waals surface area contributed by atoms with Crippen LogP contribution in [-0.2, 0) is 0 Å². The molecule has 2 rings (SSSR count). The molecular weight excluding hydrogens is 232 g/mol. The normalized spacial score (nSPS) is 10.3. The van der Waals surface area contributed by atoms with E-state index in [9.17, 15) is 4.79 Å². The average Bonchev–Trinajstić information content (AvgIpc) is 2.64. The van der Waals surface area contributed by atoms with Gasteiger partial charge in [0.05, 0.1) is 5.01 Å².